The molecule has 0 fully saturated rings. The Morgan fingerprint density at radius 3 is 2.45 bits per heavy atom. The fraction of sp³-hybridized carbons (Fsp3) is 0.318. The molecule has 0 aliphatic heterocycles. The van der Waals surface area contributed by atoms with Crippen molar-refractivity contribution in [2.45, 2.75) is 49.1 Å². The van der Waals surface area contributed by atoms with Crippen LogP contribution in [0.2, 0.25) is 0 Å². The van der Waals surface area contributed by atoms with Crippen molar-refractivity contribution in [3.05, 3.63) is 71.2 Å². The number of para-hydroxylation sites is 1. The van der Waals surface area contributed by atoms with E-state index in [9.17, 15) is 13.9 Å². The third kappa shape index (κ3) is 5.16. The van der Waals surface area contributed by atoms with Gasteiger partial charge in [0.05, 0.1) is 12.2 Å². The highest BCUT2D eigenvalue weighted by Crippen LogP contribution is 2.36. The summed E-state index contributed by atoms with van der Waals surface area (Å²) in [5.41, 5.74) is 8.63. The highest BCUT2D eigenvalue weighted by atomic mass is 32.2. The van der Waals surface area contributed by atoms with Crippen LogP contribution in [0.1, 0.15) is 43.3 Å². The third-order valence-electron chi connectivity index (χ3n) is 4.56. The molecule has 4 nitrogen and oxygen atoms in total. The number of imidazole rings is 1. The molecule has 3 aromatic rings. The summed E-state index contributed by atoms with van der Waals surface area (Å²) in [5.74, 6) is -0.279. The Morgan fingerprint density at radius 1 is 1.14 bits per heavy atom. The van der Waals surface area contributed by atoms with Crippen LogP contribution in [0.15, 0.2) is 52.4 Å². The van der Waals surface area contributed by atoms with Crippen molar-refractivity contribution < 1.29 is 13.9 Å². The van der Waals surface area contributed by atoms with Crippen LogP contribution in [0.25, 0.3) is 0 Å². The first kappa shape index (κ1) is 21.3. The molecule has 0 saturated carbocycles. The van der Waals surface area contributed by atoms with E-state index in [-0.39, 0.29) is 12.5 Å². The zero-order chi connectivity index (χ0) is 21.0. The molecule has 1 aromatic heterocycles. The lowest BCUT2D eigenvalue weighted by Crippen LogP contribution is -2.09. The fourth-order valence-corrected chi connectivity index (χ4v) is 4.36. The van der Waals surface area contributed by atoms with Crippen molar-refractivity contribution >= 4 is 17.4 Å². The van der Waals surface area contributed by atoms with Crippen LogP contribution in [-0.2, 0) is 13.0 Å². The van der Waals surface area contributed by atoms with Gasteiger partial charge in [0.25, 0.3) is 0 Å². The van der Waals surface area contributed by atoms with Gasteiger partial charge in [0.15, 0.2) is 0 Å². The summed E-state index contributed by atoms with van der Waals surface area (Å²) in [6, 6.07) is 11.1. The van der Waals surface area contributed by atoms with Crippen molar-refractivity contribution in [2.75, 3.05) is 12.3 Å². The quantitative estimate of drug-likeness (QED) is 0.507. The number of anilines is 1. The number of aliphatic hydroxyl groups is 1. The number of hydrogen-bond donors (Lipinski definition) is 2. The molecule has 3 rings (SSSR count). The Hall–Kier alpha value is -2.38. The zero-order valence-corrected chi connectivity index (χ0v) is 17.3. The molecule has 7 heteroatoms. The summed E-state index contributed by atoms with van der Waals surface area (Å²) in [6.07, 6.45) is 1.18. The highest BCUT2D eigenvalue weighted by molar-refractivity contribution is 7.99. The number of hydrogen-bond acceptors (Lipinski definition) is 4. The molecule has 0 aliphatic carbocycles. The number of aromatic nitrogens is 2. The normalized spacial score (nSPS) is 11.4. The second-order valence-corrected chi connectivity index (χ2v) is 8.25. The first-order valence-corrected chi connectivity index (χ1v) is 10.4. The molecule has 0 atom stereocenters. The minimum absolute atomic E-state index is 0.0644. The van der Waals surface area contributed by atoms with E-state index in [2.05, 4.69) is 0 Å². The van der Waals surface area contributed by atoms with E-state index in [0.717, 1.165) is 28.2 Å². The van der Waals surface area contributed by atoms with Gasteiger partial charge in [-0.15, -0.1) is 0 Å². The Bertz CT molecular complexity index is 968. The SMILES string of the molecule is CC(C)c1nc(CCCO)n(Cc2ccccc2N)c1Sc1cc(F)cc(F)c1. The molecule has 2 aromatic carbocycles. The van der Waals surface area contributed by atoms with Crippen LogP contribution >= 0.6 is 11.8 Å². The summed E-state index contributed by atoms with van der Waals surface area (Å²) in [4.78, 5) is 5.29. The molecule has 154 valence electrons. The molecule has 0 amide bonds. The van der Waals surface area contributed by atoms with E-state index in [1.165, 1.54) is 23.9 Å². The van der Waals surface area contributed by atoms with E-state index in [0.29, 0.717) is 30.0 Å². The Labute approximate surface area is 173 Å². The van der Waals surface area contributed by atoms with Crippen LogP contribution in [0.5, 0.6) is 0 Å². The van der Waals surface area contributed by atoms with Gasteiger partial charge in [-0.25, -0.2) is 13.8 Å². The predicted molar refractivity (Wildman–Crippen MR) is 112 cm³/mol. The lowest BCUT2D eigenvalue weighted by atomic mass is 10.1. The standard InChI is InChI=1S/C22H25F2N3OS/c1-14(2)21-22(29-18-11-16(23)10-17(24)12-18)27(20(26-21)8-5-9-28)13-15-6-3-4-7-19(15)25/h3-4,6-7,10-12,14,28H,5,8-9,13,25H2,1-2H3. The minimum atomic E-state index is -0.613. The number of benzene rings is 2. The molecule has 3 N–H and O–H groups in total. The molecule has 0 aliphatic rings. The van der Waals surface area contributed by atoms with Gasteiger partial charge >= 0.3 is 0 Å². The predicted octanol–water partition coefficient (Wildman–Crippen LogP) is 4.99. The molecule has 0 bridgehead atoms. The summed E-state index contributed by atoms with van der Waals surface area (Å²) in [5, 5.41) is 10.1. The maximum atomic E-state index is 13.7. The first-order chi connectivity index (χ1) is 13.9. The number of nitrogen functional groups attached to an aromatic ring is 1. The van der Waals surface area contributed by atoms with Gasteiger partial charge in [0.1, 0.15) is 22.5 Å². The van der Waals surface area contributed by atoms with E-state index >= 15 is 0 Å². The van der Waals surface area contributed by atoms with Crippen LogP contribution in [0, 0.1) is 11.6 Å². The summed E-state index contributed by atoms with van der Waals surface area (Å²) >= 11 is 1.29. The molecular formula is C22H25F2N3OS. The molecular weight excluding hydrogens is 392 g/mol. The first-order valence-electron chi connectivity index (χ1n) is 9.56. The van der Waals surface area contributed by atoms with Gasteiger partial charge in [0, 0.05) is 29.7 Å². The molecule has 0 unspecified atom stereocenters. The van der Waals surface area contributed by atoms with E-state index in [1.54, 1.807) is 0 Å². The third-order valence-corrected chi connectivity index (χ3v) is 5.66. The second kappa shape index (κ2) is 9.41. The fourth-order valence-electron chi connectivity index (χ4n) is 3.12. The summed E-state index contributed by atoms with van der Waals surface area (Å²) in [6.45, 7) is 4.63. The largest absolute Gasteiger partial charge is 0.398 e. The summed E-state index contributed by atoms with van der Waals surface area (Å²) in [7, 11) is 0. The van der Waals surface area contributed by atoms with Crippen LogP contribution in [-0.4, -0.2) is 21.3 Å². The summed E-state index contributed by atoms with van der Waals surface area (Å²) < 4.78 is 29.5. The Morgan fingerprint density at radius 2 is 1.83 bits per heavy atom. The van der Waals surface area contributed by atoms with Crippen LogP contribution in [0.3, 0.4) is 0 Å². The van der Waals surface area contributed by atoms with Crippen LogP contribution in [0.4, 0.5) is 14.5 Å². The molecule has 0 radical (unpaired) electrons. The molecule has 1 heterocycles. The van der Waals surface area contributed by atoms with Gasteiger partial charge in [0.2, 0.25) is 0 Å². The highest BCUT2D eigenvalue weighted by Gasteiger charge is 2.21. The average molecular weight is 418 g/mol. The lowest BCUT2D eigenvalue weighted by molar-refractivity contribution is 0.287. The molecule has 29 heavy (non-hydrogen) atoms. The van der Waals surface area contributed by atoms with Crippen molar-refractivity contribution in [2.24, 2.45) is 0 Å². The maximum Gasteiger partial charge on any atom is 0.127 e. The number of halogens is 2. The topological polar surface area (TPSA) is 64.1 Å². The number of nitrogens with zero attached hydrogens (tertiary/aromatic N) is 2. The number of aryl methyl sites for hydroxylation is 1. The zero-order valence-electron chi connectivity index (χ0n) is 16.5. The van der Waals surface area contributed by atoms with E-state index < -0.39 is 11.6 Å². The van der Waals surface area contributed by atoms with Gasteiger partial charge in [-0.05, 0) is 36.1 Å². The Balaban J connectivity index is 2.09. The molecule has 0 spiro atoms. The Kier molecular flexibility index (Phi) is 6.92. The number of nitrogens with two attached hydrogens (primary N) is 1. The van der Waals surface area contributed by atoms with Gasteiger partial charge in [-0.3, -0.25) is 0 Å². The number of aliphatic hydroxyl groups excluding tert-OH is 1. The van der Waals surface area contributed by atoms with Gasteiger partial charge < -0.3 is 15.4 Å². The van der Waals surface area contributed by atoms with Crippen molar-refractivity contribution in [1.82, 2.24) is 9.55 Å². The minimum Gasteiger partial charge on any atom is -0.398 e. The number of rotatable bonds is 8. The maximum absolute atomic E-state index is 13.7. The smallest absolute Gasteiger partial charge is 0.127 e. The van der Waals surface area contributed by atoms with Crippen molar-refractivity contribution in [3.63, 3.8) is 0 Å². The molecule has 0 saturated heterocycles. The van der Waals surface area contributed by atoms with Crippen molar-refractivity contribution in [3.8, 4) is 0 Å². The van der Waals surface area contributed by atoms with Crippen molar-refractivity contribution in [1.29, 1.82) is 0 Å². The monoisotopic (exact) mass is 417 g/mol. The lowest BCUT2D eigenvalue weighted by Gasteiger charge is -2.15. The van der Waals surface area contributed by atoms with E-state index in [1.807, 2.05) is 42.7 Å². The van der Waals surface area contributed by atoms with Crippen LogP contribution < -0.4 is 5.73 Å². The van der Waals surface area contributed by atoms with Gasteiger partial charge in [-0.1, -0.05) is 43.8 Å². The average Bonchev–Trinajstić information content (AvgIpc) is 2.98. The second-order valence-electron chi connectivity index (χ2n) is 7.19. The van der Waals surface area contributed by atoms with E-state index in [4.69, 9.17) is 10.7 Å². The van der Waals surface area contributed by atoms with Gasteiger partial charge in [-0.2, -0.15) is 0 Å².